The molecule has 0 atom stereocenters. The molecule has 0 aliphatic carbocycles. The summed E-state index contributed by atoms with van der Waals surface area (Å²) in [4.78, 5) is 24.4. The van der Waals surface area contributed by atoms with Crippen LogP contribution < -0.4 is 16.0 Å². The average molecular weight is 343 g/mol. The van der Waals surface area contributed by atoms with Crippen LogP contribution in [0.4, 0.5) is 16.2 Å². The molecule has 126 valence electrons. The Morgan fingerprint density at radius 1 is 0.958 bits per heavy atom. The van der Waals surface area contributed by atoms with Gasteiger partial charge in [0.1, 0.15) is 0 Å². The van der Waals surface area contributed by atoms with Crippen molar-refractivity contribution in [3.8, 4) is 0 Å². The summed E-state index contributed by atoms with van der Waals surface area (Å²) in [6.07, 6.45) is 0. The van der Waals surface area contributed by atoms with Gasteiger partial charge >= 0.3 is 6.03 Å². The summed E-state index contributed by atoms with van der Waals surface area (Å²) >= 11 is 1.53. The average Bonchev–Trinajstić information content (AvgIpc) is 2.57. The number of thioether (sulfide) groups is 1. The van der Waals surface area contributed by atoms with Gasteiger partial charge in [0.2, 0.25) is 5.91 Å². The van der Waals surface area contributed by atoms with Crippen molar-refractivity contribution in [3.63, 3.8) is 0 Å². The molecule has 2 aromatic carbocycles. The van der Waals surface area contributed by atoms with Crippen LogP contribution in [0.3, 0.4) is 0 Å². The Hall–Kier alpha value is -2.47. The lowest BCUT2D eigenvalue weighted by Crippen LogP contribution is -2.24. The first-order valence-electron chi connectivity index (χ1n) is 7.56. The number of rotatable bonds is 5. The minimum atomic E-state index is -0.281. The lowest BCUT2D eigenvalue weighted by atomic mass is 10.2. The maximum Gasteiger partial charge on any atom is 0.318 e. The molecule has 3 amide bonds. The summed E-state index contributed by atoms with van der Waals surface area (Å²) in [7, 11) is 1.55. The van der Waals surface area contributed by atoms with E-state index < -0.39 is 0 Å². The van der Waals surface area contributed by atoms with Crippen LogP contribution in [0.1, 0.15) is 11.1 Å². The van der Waals surface area contributed by atoms with Gasteiger partial charge in [-0.05, 0) is 49.7 Å². The van der Waals surface area contributed by atoms with E-state index in [-0.39, 0.29) is 11.9 Å². The molecule has 24 heavy (non-hydrogen) atoms. The van der Waals surface area contributed by atoms with E-state index in [2.05, 4.69) is 34.1 Å². The number of nitrogens with one attached hydrogen (secondary N) is 3. The number of urea groups is 1. The highest BCUT2D eigenvalue weighted by atomic mass is 32.2. The number of benzene rings is 2. The second-order valence-corrected chi connectivity index (χ2v) is 6.40. The van der Waals surface area contributed by atoms with Gasteiger partial charge in [-0.1, -0.05) is 17.7 Å². The molecule has 0 unspecified atom stereocenters. The van der Waals surface area contributed by atoms with Crippen molar-refractivity contribution in [2.75, 3.05) is 23.4 Å². The molecule has 0 aliphatic rings. The zero-order chi connectivity index (χ0) is 17.5. The Labute approximate surface area is 146 Å². The van der Waals surface area contributed by atoms with E-state index in [9.17, 15) is 9.59 Å². The summed E-state index contributed by atoms with van der Waals surface area (Å²) in [6, 6.07) is 12.9. The largest absolute Gasteiger partial charge is 0.341 e. The van der Waals surface area contributed by atoms with Gasteiger partial charge in [0, 0.05) is 23.3 Å². The number of hydrogen-bond acceptors (Lipinski definition) is 3. The van der Waals surface area contributed by atoms with Gasteiger partial charge in [0.25, 0.3) is 0 Å². The fraction of sp³-hybridized carbons (Fsp3) is 0.222. The Kier molecular flexibility index (Phi) is 6.26. The van der Waals surface area contributed by atoms with Gasteiger partial charge in [0.05, 0.1) is 5.75 Å². The topological polar surface area (TPSA) is 70.2 Å². The highest BCUT2D eigenvalue weighted by molar-refractivity contribution is 8.00. The predicted molar refractivity (Wildman–Crippen MR) is 99.8 cm³/mol. The van der Waals surface area contributed by atoms with Crippen molar-refractivity contribution in [3.05, 3.63) is 53.6 Å². The standard InChI is InChI=1S/C18H21N3O2S/c1-12-4-5-13(2)16(10-12)24-11-17(22)20-14-6-8-15(9-7-14)21-18(23)19-3/h4-10H,11H2,1-3H3,(H,20,22)(H2,19,21,23). The Morgan fingerprint density at radius 3 is 2.21 bits per heavy atom. The second-order valence-electron chi connectivity index (χ2n) is 5.39. The highest BCUT2D eigenvalue weighted by Gasteiger charge is 2.06. The molecule has 5 nitrogen and oxygen atoms in total. The zero-order valence-corrected chi connectivity index (χ0v) is 14.8. The van der Waals surface area contributed by atoms with Crippen molar-refractivity contribution in [1.29, 1.82) is 0 Å². The summed E-state index contributed by atoms with van der Waals surface area (Å²) in [5, 5.41) is 7.99. The highest BCUT2D eigenvalue weighted by Crippen LogP contribution is 2.23. The molecule has 0 aromatic heterocycles. The molecule has 0 heterocycles. The van der Waals surface area contributed by atoms with Gasteiger partial charge in [-0.3, -0.25) is 4.79 Å². The number of amides is 3. The molecular formula is C18H21N3O2S. The molecule has 0 aliphatic heterocycles. The van der Waals surface area contributed by atoms with Gasteiger partial charge in [-0.25, -0.2) is 4.79 Å². The summed E-state index contributed by atoms with van der Waals surface area (Å²) in [5.74, 6) is 0.288. The lowest BCUT2D eigenvalue weighted by Gasteiger charge is -2.09. The Balaban J connectivity index is 1.88. The molecule has 2 rings (SSSR count). The number of anilines is 2. The van der Waals surface area contributed by atoms with E-state index in [1.807, 2.05) is 13.8 Å². The smallest absolute Gasteiger partial charge is 0.318 e. The van der Waals surface area contributed by atoms with E-state index in [1.54, 1.807) is 31.3 Å². The molecule has 0 spiro atoms. The number of carbonyl (C=O) groups is 2. The minimum absolute atomic E-state index is 0.0621. The van der Waals surface area contributed by atoms with Crippen molar-refractivity contribution in [2.45, 2.75) is 18.7 Å². The molecule has 6 heteroatoms. The number of carbonyl (C=O) groups excluding carboxylic acids is 2. The van der Waals surface area contributed by atoms with Gasteiger partial charge < -0.3 is 16.0 Å². The van der Waals surface area contributed by atoms with Crippen molar-refractivity contribution in [2.24, 2.45) is 0 Å². The van der Waals surface area contributed by atoms with Crippen LogP contribution in [-0.2, 0) is 4.79 Å². The van der Waals surface area contributed by atoms with Crippen LogP contribution in [0.2, 0.25) is 0 Å². The van der Waals surface area contributed by atoms with Crippen molar-refractivity contribution in [1.82, 2.24) is 5.32 Å². The predicted octanol–water partition coefficient (Wildman–Crippen LogP) is 3.79. The fourth-order valence-electron chi connectivity index (χ4n) is 2.03. The lowest BCUT2D eigenvalue weighted by molar-refractivity contribution is -0.113. The van der Waals surface area contributed by atoms with E-state index in [0.29, 0.717) is 17.1 Å². The first kappa shape index (κ1) is 17.9. The third-order valence-corrected chi connectivity index (χ3v) is 4.51. The summed E-state index contributed by atoms with van der Waals surface area (Å²) < 4.78 is 0. The van der Waals surface area contributed by atoms with E-state index in [0.717, 1.165) is 4.90 Å². The second kappa shape index (κ2) is 8.40. The monoisotopic (exact) mass is 343 g/mol. The first-order chi connectivity index (χ1) is 11.5. The third-order valence-electron chi connectivity index (χ3n) is 3.36. The minimum Gasteiger partial charge on any atom is -0.341 e. The van der Waals surface area contributed by atoms with Gasteiger partial charge in [-0.15, -0.1) is 11.8 Å². The van der Waals surface area contributed by atoms with Gasteiger partial charge in [0.15, 0.2) is 0 Å². The molecule has 0 bridgehead atoms. The van der Waals surface area contributed by atoms with Crippen LogP contribution in [0.25, 0.3) is 0 Å². The number of hydrogen-bond donors (Lipinski definition) is 3. The quantitative estimate of drug-likeness (QED) is 0.724. The zero-order valence-electron chi connectivity index (χ0n) is 14.0. The molecule has 0 saturated heterocycles. The van der Waals surface area contributed by atoms with E-state index in [1.165, 1.54) is 22.9 Å². The van der Waals surface area contributed by atoms with Crippen LogP contribution >= 0.6 is 11.8 Å². The summed E-state index contributed by atoms with van der Waals surface area (Å²) in [6.45, 7) is 4.08. The summed E-state index contributed by atoms with van der Waals surface area (Å²) in [5.41, 5.74) is 3.71. The SMILES string of the molecule is CNC(=O)Nc1ccc(NC(=O)CSc2cc(C)ccc2C)cc1. The maximum atomic E-state index is 12.1. The van der Waals surface area contributed by atoms with Crippen molar-refractivity contribution >= 4 is 35.1 Å². The Morgan fingerprint density at radius 2 is 1.58 bits per heavy atom. The maximum absolute atomic E-state index is 12.1. The fourth-order valence-corrected chi connectivity index (χ4v) is 2.96. The number of aryl methyl sites for hydroxylation is 2. The van der Waals surface area contributed by atoms with Crippen LogP contribution in [0.15, 0.2) is 47.4 Å². The molecule has 0 radical (unpaired) electrons. The third kappa shape index (κ3) is 5.31. The Bertz CT molecular complexity index is 730. The molecule has 3 N–H and O–H groups in total. The molecule has 0 saturated carbocycles. The van der Waals surface area contributed by atoms with Crippen LogP contribution in [0, 0.1) is 13.8 Å². The molecule has 2 aromatic rings. The van der Waals surface area contributed by atoms with Crippen LogP contribution in [-0.4, -0.2) is 24.7 Å². The van der Waals surface area contributed by atoms with E-state index in [4.69, 9.17) is 0 Å². The van der Waals surface area contributed by atoms with Crippen LogP contribution in [0.5, 0.6) is 0 Å². The van der Waals surface area contributed by atoms with E-state index >= 15 is 0 Å². The first-order valence-corrected chi connectivity index (χ1v) is 8.55. The molecule has 0 fully saturated rings. The van der Waals surface area contributed by atoms with Gasteiger partial charge in [-0.2, -0.15) is 0 Å². The van der Waals surface area contributed by atoms with Crippen molar-refractivity contribution < 1.29 is 9.59 Å². The normalized spacial score (nSPS) is 10.1. The molecular weight excluding hydrogens is 322 g/mol.